The highest BCUT2D eigenvalue weighted by molar-refractivity contribution is 5.93. The van der Waals surface area contributed by atoms with E-state index in [2.05, 4.69) is 16.7 Å². The Morgan fingerprint density at radius 1 is 1.31 bits per heavy atom. The molecule has 0 spiro atoms. The van der Waals surface area contributed by atoms with Gasteiger partial charge in [-0.25, -0.2) is 9.78 Å². The third-order valence-corrected chi connectivity index (χ3v) is 4.57. The van der Waals surface area contributed by atoms with Crippen molar-refractivity contribution in [3.8, 4) is 11.3 Å². The molecular formula is C20H22N4O2. The van der Waals surface area contributed by atoms with Crippen LogP contribution in [0.25, 0.3) is 16.9 Å². The summed E-state index contributed by atoms with van der Waals surface area (Å²) in [6.07, 6.45) is 4.06. The zero-order valence-corrected chi connectivity index (χ0v) is 14.7. The Balaban J connectivity index is 1.62. The Morgan fingerprint density at radius 2 is 2.23 bits per heavy atom. The molecule has 1 aromatic carbocycles. The number of anilines is 1. The molecule has 0 bridgehead atoms. The lowest BCUT2D eigenvalue weighted by atomic mass is 10.1. The van der Waals surface area contributed by atoms with Crippen LogP contribution in [0.1, 0.15) is 18.4 Å². The Labute approximate surface area is 152 Å². The minimum atomic E-state index is -0.250. The number of fused-ring (bicyclic) bond motifs is 1. The van der Waals surface area contributed by atoms with Gasteiger partial charge >= 0.3 is 6.03 Å². The molecule has 1 atom stereocenters. The fourth-order valence-electron chi connectivity index (χ4n) is 3.27. The number of carbonyl (C=O) groups excluding carboxylic acids is 1. The first-order chi connectivity index (χ1) is 12.7. The largest absolute Gasteiger partial charge is 0.376 e. The van der Waals surface area contributed by atoms with Gasteiger partial charge < -0.3 is 10.1 Å². The highest BCUT2D eigenvalue weighted by Crippen LogP contribution is 2.29. The van der Waals surface area contributed by atoms with Gasteiger partial charge in [-0.05, 0) is 38.0 Å². The number of aryl methyl sites for hydroxylation is 1. The summed E-state index contributed by atoms with van der Waals surface area (Å²) < 4.78 is 7.45. The Hall–Kier alpha value is -2.86. The molecule has 1 saturated heterocycles. The fourth-order valence-corrected chi connectivity index (χ4v) is 3.27. The van der Waals surface area contributed by atoms with Crippen molar-refractivity contribution in [3.05, 3.63) is 54.2 Å². The number of urea groups is 1. The van der Waals surface area contributed by atoms with Crippen molar-refractivity contribution < 1.29 is 9.53 Å². The lowest BCUT2D eigenvalue weighted by molar-refractivity contribution is 0.112. The van der Waals surface area contributed by atoms with E-state index in [1.165, 1.54) is 0 Å². The molecule has 6 nitrogen and oxygen atoms in total. The molecule has 6 heteroatoms. The van der Waals surface area contributed by atoms with Crippen molar-refractivity contribution in [2.75, 3.05) is 18.5 Å². The first kappa shape index (κ1) is 16.6. The van der Waals surface area contributed by atoms with Crippen LogP contribution in [0.4, 0.5) is 10.6 Å². The topological polar surface area (TPSA) is 67.7 Å². The number of ether oxygens (including phenoxy) is 1. The van der Waals surface area contributed by atoms with Crippen LogP contribution in [0.3, 0.4) is 0 Å². The molecule has 2 amide bonds. The predicted octanol–water partition coefficient (Wildman–Crippen LogP) is 3.61. The van der Waals surface area contributed by atoms with E-state index in [-0.39, 0.29) is 12.1 Å². The number of hydrogen-bond donors (Lipinski definition) is 2. The van der Waals surface area contributed by atoms with Gasteiger partial charge in [0.2, 0.25) is 0 Å². The van der Waals surface area contributed by atoms with E-state index in [1.807, 2.05) is 53.9 Å². The van der Waals surface area contributed by atoms with Gasteiger partial charge in [0.25, 0.3) is 0 Å². The van der Waals surface area contributed by atoms with Crippen LogP contribution in [-0.4, -0.2) is 34.7 Å². The van der Waals surface area contributed by atoms with Crippen LogP contribution in [0.15, 0.2) is 48.7 Å². The van der Waals surface area contributed by atoms with E-state index >= 15 is 0 Å². The highest BCUT2D eigenvalue weighted by Gasteiger charge is 2.19. The Morgan fingerprint density at radius 3 is 3.04 bits per heavy atom. The number of carbonyl (C=O) groups is 1. The minimum absolute atomic E-state index is 0.110. The molecule has 134 valence electrons. The van der Waals surface area contributed by atoms with Gasteiger partial charge in [-0.3, -0.25) is 9.72 Å². The SMILES string of the molecule is Cc1cccc(-c2nc3ccccn3c2NC(=O)NCC2CCCO2)c1. The zero-order chi connectivity index (χ0) is 17.9. The van der Waals surface area contributed by atoms with Crippen molar-refractivity contribution in [2.45, 2.75) is 25.9 Å². The maximum atomic E-state index is 12.4. The summed E-state index contributed by atoms with van der Waals surface area (Å²) in [4.78, 5) is 17.2. The molecule has 1 aliphatic heterocycles. The van der Waals surface area contributed by atoms with Gasteiger partial charge in [0, 0.05) is 24.9 Å². The molecular weight excluding hydrogens is 328 g/mol. The smallest absolute Gasteiger partial charge is 0.320 e. The zero-order valence-electron chi connectivity index (χ0n) is 14.7. The average Bonchev–Trinajstić information content (AvgIpc) is 3.28. The normalized spacial score (nSPS) is 16.7. The van der Waals surface area contributed by atoms with Crippen molar-refractivity contribution in [2.24, 2.45) is 0 Å². The molecule has 3 aromatic rings. The lowest BCUT2D eigenvalue weighted by Crippen LogP contribution is -2.35. The molecule has 1 unspecified atom stereocenters. The number of benzene rings is 1. The number of nitrogens with zero attached hydrogens (tertiary/aromatic N) is 2. The number of pyridine rings is 1. The van der Waals surface area contributed by atoms with Crippen molar-refractivity contribution >= 4 is 17.5 Å². The van der Waals surface area contributed by atoms with Gasteiger partial charge in [0.15, 0.2) is 0 Å². The third kappa shape index (κ3) is 3.41. The maximum absolute atomic E-state index is 12.4. The van der Waals surface area contributed by atoms with E-state index in [0.717, 1.165) is 41.9 Å². The van der Waals surface area contributed by atoms with Crippen LogP contribution in [0.5, 0.6) is 0 Å². The van der Waals surface area contributed by atoms with Gasteiger partial charge in [0.05, 0.1) is 6.10 Å². The van der Waals surface area contributed by atoms with E-state index in [0.29, 0.717) is 12.4 Å². The predicted molar refractivity (Wildman–Crippen MR) is 101 cm³/mol. The van der Waals surface area contributed by atoms with Crippen molar-refractivity contribution in [1.82, 2.24) is 14.7 Å². The summed E-state index contributed by atoms with van der Waals surface area (Å²) in [5.74, 6) is 0.663. The molecule has 2 N–H and O–H groups in total. The van der Waals surface area contributed by atoms with Gasteiger partial charge in [-0.1, -0.05) is 29.8 Å². The molecule has 0 saturated carbocycles. The molecule has 1 aliphatic rings. The summed E-state index contributed by atoms with van der Waals surface area (Å²) in [7, 11) is 0. The molecule has 0 aliphatic carbocycles. The standard InChI is InChI=1S/C20H22N4O2/c1-14-6-4-7-15(12-14)18-19(24-10-3-2-9-17(24)22-18)23-20(25)21-13-16-8-5-11-26-16/h2-4,6-7,9-10,12,16H,5,8,11,13H2,1H3,(H2,21,23,25). The van der Waals surface area contributed by atoms with Crippen LogP contribution in [0.2, 0.25) is 0 Å². The van der Waals surface area contributed by atoms with Crippen molar-refractivity contribution in [1.29, 1.82) is 0 Å². The highest BCUT2D eigenvalue weighted by atomic mass is 16.5. The molecule has 0 radical (unpaired) electrons. The number of hydrogen-bond acceptors (Lipinski definition) is 3. The summed E-state index contributed by atoms with van der Waals surface area (Å²) >= 11 is 0. The van der Waals surface area contributed by atoms with Crippen LogP contribution in [-0.2, 0) is 4.74 Å². The van der Waals surface area contributed by atoms with E-state index in [1.54, 1.807) is 0 Å². The number of rotatable bonds is 4. The summed E-state index contributed by atoms with van der Waals surface area (Å²) in [6, 6.07) is 13.6. The molecule has 26 heavy (non-hydrogen) atoms. The minimum Gasteiger partial charge on any atom is -0.376 e. The van der Waals surface area contributed by atoms with E-state index in [4.69, 9.17) is 9.72 Å². The van der Waals surface area contributed by atoms with E-state index < -0.39 is 0 Å². The monoisotopic (exact) mass is 350 g/mol. The second-order valence-corrected chi connectivity index (χ2v) is 6.58. The number of aromatic nitrogens is 2. The van der Waals surface area contributed by atoms with E-state index in [9.17, 15) is 4.79 Å². The molecule has 1 fully saturated rings. The first-order valence-corrected chi connectivity index (χ1v) is 8.91. The van der Waals surface area contributed by atoms with Crippen LogP contribution >= 0.6 is 0 Å². The molecule has 2 aromatic heterocycles. The average molecular weight is 350 g/mol. The second kappa shape index (κ2) is 7.17. The van der Waals surface area contributed by atoms with Gasteiger partial charge in [0.1, 0.15) is 17.2 Å². The third-order valence-electron chi connectivity index (χ3n) is 4.57. The quantitative estimate of drug-likeness (QED) is 0.755. The Bertz CT molecular complexity index is 928. The Kier molecular flexibility index (Phi) is 4.58. The maximum Gasteiger partial charge on any atom is 0.320 e. The van der Waals surface area contributed by atoms with Crippen LogP contribution in [0, 0.1) is 6.92 Å². The van der Waals surface area contributed by atoms with Gasteiger partial charge in [-0.2, -0.15) is 0 Å². The summed E-state index contributed by atoms with van der Waals surface area (Å²) in [6.45, 7) is 3.34. The first-order valence-electron chi connectivity index (χ1n) is 8.91. The lowest BCUT2D eigenvalue weighted by Gasteiger charge is -2.12. The summed E-state index contributed by atoms with van der Waals surface area (Å²) in [5.41, 5.74) is 3.67. The summed E-state index contributed by atoms with van der Waals surface area (Å²) in [5, 5.41) is 5.87. The van der Waals surface area contributed by atoms with Crippen molar-refractivity contribution in [3.63, 3.8) is 0 Å². The van der Waals surface area contributed by atoms with Gasteiger partial charge in [-0.15, -0.1) is 0 Å². The molecule has 4 rings (SSSR count). The number of nitrogens with one attached hydrogen (secondary N) is 2. The molecule has 3 heterocycles. The fraction of sp³-hybridized carbons (Fsp3) is 0.300. The second-order valence-electron chi connectivity index (χ2n) is 6.58. The number of amides is 2. The number of imidazole rings is 1. The van der Waals surface area contributed by atoms with Crippen LogP contribution < -0.4 is 10.6 Å².